The van der Waals surface area contributed by atoms with Crippen LogP contribution in [0.2, 0.25) is 0 Å². The molecule has 0 atom stereocenters. The molecular formula is C22H19FN4. The maximum absolute atomic E-state index is 13.3. The molecule has 4 nitrogen and oxygen atoms in total. The SMILES string of the molecule is Cc1ccn2c(N=Nc3ccc(C)c(C)c3)c(-c3ccc(F)cc3)nc2c1. The molecule has 2 heterocycles. The largest absolute Gasteiger partial charge is 0.283 e. The van der Waals surface area contributed by atoms with Gasteiger partial charge in [-0.15, -0.1) is 10.2 Å². The van der Waals surface area contributed by atoms with E-state index in [0.717, 1.165) is 22.5 Å². The van der Waals surface area contributed by atoms with Crippen molar-refractivity contribution in [2.45, 2.75) is 20.8 Å². The number of nitrogens with zero attached hydrogens (tertiary/aromatic N) is 4. The third-order valence-corrected chi connectivity index (χ3v) is 4.62. The minimum atomic E-state index is -0.281. The first-order valence-corrected chi connectivity index (χ1v) is 8.75. The van der Waals surface area contributed by atoms with E-state index < -0.39 is 0 Å². The fraction of sp³-hybridized carbons (Fsp3) is 0.136. The molecule has 0 aliphatic rings. The second-order valence-corrected chi connectivity index (χ2v) is 6.69. The van der Waals surface area contributed by atoms with Gasteiger partial charge >= 0.3 is 0 Å². The van der Waals surface area contributed by atoms with Crippen molar-refractivity contribution in [1.29, 1.82) is 0 Å². The summed E-state index contributed by atoms with van der Waals surface area (Å²) in [6, 6.07) is 16.2. The number of aryl methyl sites for hydroxylation is 3. The van der Waals surface area contributed by atoms with Gasteiger partial charge < -0.3 is 0 Å². The van der Waals surface area contributed by atoms with E-state index in [1.165, 1.54) is 23.3 Å². The molecule has 0 fully saturated rings. The van der Waals surface area contributed by atoms with Gasteiger partial charge in [0.1, 0.15) is 17.2 Å². The average Bonchev–Trinajstić information content (AvgIpc) is 3.01. The van der Waals surface area contributed by atoms with Crippen LogP contribution in [-0.4, -0.2) is 9.38 Å². The number of benzene rings is 2. The van der Waals surface area contributed by atoms with Gasteiger partial charge in [-0.05, 0) is 86.0 Å². The van der Waals surface area contributed by atoms with Crippen LogP contribution in [0.25, 0.3) is 16.9 Å². The van der Waals surface area contributed by atoms with Gasteiger partial charge in [-0.25, -0.2) is 9.37 Å². The van der Waals surface area contributed by atoms with Crippen molar-refractivity contribution in [3.8, 4) is 11.3 Å². The molecule has 0 spiro atoms. The molecule has 2 aromatic carbocycles. The highest BCUT2D eigenvalue weighted by atomic mass is 19.1. The van der Waals surface area contributed by atoms with E-state index >= 15 is 0 Å². The first kappa shape index (κ1) is 17.1. The maximum Gasteiger partial charge on any atom is 0.187 e. The molecule has 4 rings (SSSR count). The molecule has 0 amide bonds. The highest BCUT2D eigenvalue weighted by molar-refractivity contribution is 5.74. The molecule has 27 heavy (non-hydrogen) atoms. The molecule has 0 saturated heterocycles. The third-order valence-electron chi connectivity index (χ3n) is 4.62. The molecule has 5 heteroatoms. The van der Waals surface area contributed by atoms with Crippen LogP contribution in [0.4, 0.5) is 15.9 Å². The zero-order valence-electron chi connectivity index (χ0n) is 15.4. The Kier molecular flexibility index (Phi) is 4.28. The third kappa shape index (κ3) is 3.36. The van der Waals surface area contributed by atoms with Gasteiger partial charge in [-0.3, -0.25) is 4.40 Å². The zero-order chi connectivity index (χ0) is 19.0. The van der Waals surface area contributed by atoms with Gasteiger partial charge in [-0.1, -0.05) is 6.07 Å². The number of fused-ring (bicyclic) bond motifs is 1. The van der Waals surface area contributed by atoms with Gasteiger partial charge in [0.15, 0.2) is 5.82 Å². The van der Waals surface area contributed by atoms with Gasteiger partial charge in [0.25, 0.3) is 0 Å². The van der Waals surface area contributed by atoms with Crippen LogP contribution >= 0.6 is 0 Å². The number of azo groups is 1. The van der Waals surface area contributed by atoms with E-state index in [4.69, 9.17) is 4.98 Å². The van der Waals surface area contributed by atoms with Crippen molar-refractivity contribution in [3.63, 3.8) is 0 Å². The predicted molar refractivity (Wildman–Crippen MR) is 105 cm³/mol. The Morgan fingerprint density at radius 2 is 1.63 bits per heavy atom. The predicted octanol–water partition coefficient (Wildman–Crippen LogP) is 6.48. The summed E-state index contributed by atoms with van der Waals surface area (Å²) >= 11 is 0. The molecule has 4 aromatic rings. The first-order chi connectivity index (χ1) is 13.0. The smallest absolute Gasteiger partial charge is 0.187 e. The fourth-order valence-electron chi connectivity index (χ4n) is 2.92. The molecule has 0 aliphatic heterocycles. The summed E-state index contributed by atoms with van der Waals surface area (Å²) in [6.45, 7) is 6.13. The lowest BCUT2D eigenvalue weighted by molar-refractivity contribution is 0.628. The number of rotatable bonds is 3. The van der Waals surface area contributed by atoms with Crippen LogP contribution in [0.15, 0.2) is 71.0 Å². The molecule has 0 unspecified atom stereocenters. The van der Waals surface area contributed by atoms with Gasteiger partial charge in [0, 0.05) is 11.8 Å². The summed E-state index contributed by atoms with van der Waals surface area (Å²) in [5, 5.41) is 8.91. The number of hydrogen-bond acceptors (Lipinski definition) is 3. The lowest BCUT2D eigenvalue weighted by atomic mass is 10.1. The fourth-order valence-corrected chi connectivity index (χ4v) is 2.92. The van der Waals surface area contributed by atoms with Crippen LogP contribution < -0.4 is 0 Å². The highest BCUT2D eigenvalue weighted by Crippen LogP contribution is 2.32. The molecule has 134 valence electrons. The second-order valence-electron chi connectivity index (χ2n) is 6.69. The molecule has 0 bridgehead atoms. The van der Waals surface area contributed by atoms with Crippen molar-refractivity contribution in [2.75, 3.05) is 0 Å². The maximum atomic E-state index is 13.3. The molecule has 0 N–H and O–H groups in total. The zero-order valence-corrected chi connectivity index (χ0v) is 15.4. The Bertz CT molecular complexity index is 1160. The summed E-state index contributed by atoms with van der Waals surface area (Å²) in [6.07, 6.45) is 1.93. The quantitative estimate of drug-likeness (QED) is 0.386. The number of halogens is 1. The number of hydrogen-bond donors (Lipinski definition) is 0. The van der Waals surface area contributed by atoms with Crippen LogP contribution in [-0.2, 0) is 0 Å². The number of imidazole rings is 1. The van der Waals surface area contributed by atoms with Gasteiger partial charge in [0.2, 0.25) is 0 Å². The highest BCUT2D eigenvalue weighted by Gasteiger charge is 2.14. The Labute approximate surface area is 157 Å². The first-order valence-electron chi connectivity index (χ1n) is 8.75. The van der Waals surface area contributed by atoms with Crippen LogP contribution in [0.3, 0.4) is 0 Å². The molecular weight excluding hydrogens is 339 g/mol. The molecule has 0 saturated carbocycles. The number of aromatic nitrogens is 2. The summed E-state index contributed by atoms with van der Waals surface area (Å²) in [5.41, 5.74) is 6.52. The van der Waals surface area contributed by atoms with Crippen molar-refractivity contribution in [1.82, 2.24) is 9.38 Å². The molecule has 2 aromatic heterocycles. The summed E-state index contributed by atoms with van der Waals surface area (Å²) in [4.78, 5) is 4.70. The van der Waals surface area contributed by atoms with Crippen molar-refractivity contribution >= 4 is 17.2 Å². The Morgan fingerprint density at radius 3 is 2.37 bits per heavy atom. The Balaban J connectivity index is 1.86. The summed E-state index contributed by atoms with van der Waals surface area (Å²) < 4.78 is 15.2. The Morgan fingerprint density at radius 1 is 0.852 bits per heavy atom. The van der Waals surface area contributed by atoms with E-state index in [2.05, 4.69) is 24.1 Å². The van der Waals surface area contributed by atoms with Crippen LogP contribution in [0.5, 0.6) is 0 Å². The van der Waals surface area contributed by atoms with E-state index in [1.807, 2.05) is 47.9 Å². The van der Waals surface area contributed by atoms with Gasteiger partial charge in [-0.2, -0.15) is 0 Å². The van der Waals surface area contributed by atoms with Crippen LogP contribution in [0, 0.1) is 26.6 Å². The minimum Gasteiger partial charge on any atom is -0.283 e. The summed E-state index contributed by atoms with van der Waals surface area (Å²) in [7, 11) is 0. The molecule has 0 radical (unpaired) electrons. The normalized spacial score (nSPS) is 11.6. The standard InChI is InChI=1S/C22H19FN4/c1-14-10-11-27-20(12-14)24-21(17-5-7-18(23)8-6-17)22(27)26-25-19-9-4-15(2)16(3)13-19/h4-13H,1-3H3. The van der Waals surface area contributed by atoms with Crippen molar-refractivity contribution in [2.24, 2.45) is 10.2 Å². The van der Waals surface area contributed by atoms with Crippen molar-refractivity contribution < 1.29 is 4.39 Å². The van der Waals surface area contributed by atoms with Crippen molar-refractivity contribution in [3.05, 3.63) is 83.3 Å². The topological polar surface area (TPSA) is 42.0 Å². The number of pyridine rings is 1. The lowest BCUT2D eigenvalue weighted by Crippen LogP contribution is -1.84. The molecule has 0 aliphatic carbocycles. The van der Waals surface area contributed by atoms with E-state index in [-0.39, 0.29) is 5.82 Å². The van der Waals surface area contributed by atoms with Gasteiger partial charge in [0.05, 0.1) is 5.69 Å². The van der Waals surface area contributed by atoms with E-state index in [9.17, 15) is 4.39 Å². The minimum absolute atomic E-state index is 0.281. The van der Waals surface area contributed by atoms with E-state index in [1.54, 1.807) is 12.1 Å². The Hall–Kier alpha value is -3.34. The monoisotopic (exact) mass is 358 g/mol. The summed E-state index contributed by atoms with van der Waals surface area (Å²) in [5.74, 6) is 0.339. The second kappa shape index (κ2) is 6.76. The van der Waals surface area contributed by atoms with E-state index in [0.29, 0.717) is 11.5 Å². The lowest BCUT2D eigenvalue weighted by Gasteiger charge is -2.02. The average molecular weight is 358 g/mol. The van der Waals surface area contributed by atoms with Crippen LogP contribution in [0.1, 0.15) is 16.7 Å².